The zero-order valence-corrected chi connectivity index (χ0v) is 13.1. The van der Waals surface area contributed by atoms with Gasteiger partial charge in [0.1, 0.15) is 23.2 Å². The summed E-state index contributed by atoms with van der Waals surface area (Å²) in [6.07, 6.45) is 0. The molecule has 1 atom stereocenters. The Morgan fingerprint density at radius 3 is 2.59 bits per heavy atom. The Balaban J connectivity index is 2.45. The average molecular weight is 304 g/mol. The van der Waals surface area contributed by atoms with Crippen LogP contribution in [0.25, 0.3) is 11.5 Å². The molecule has 7 nitrogen and oxygen atoms in total. The topological polar surface area (TPSA) is 103 Å². The van der Waals surface area contributed by atoms with Crippen molar-refractivity contribution < 1.29 is 9.21 Å². The molecule has 22 heavy (non-hydrogen) atoms. The van der Waals surface area contributed by atoms with Gasteiger partial charge in [-0.3, -0.25) is 9.59 Å². The molecular weight excluding hydrogens is 284 g/mol. The summed E-state index contributed by atoms with van der Waals surface area (Å²) in [6, 6.07) is 4.18. The van der Waals surface area contributed by atoms with Crippen molar-refractivity contribution in [3.63, 3.8) is 0 Å². The third-order valence-corrected chi connectivity index (χ3v) is 3.13. The van der Waals surface area contributed by atoms with E-state index in [0.717, 1.165) is 10.4 Å². The first-order valence-corrected chi connectivity index (χ1v) is 7.06. The van der Waals surface area contributed by atoms with E-state index in [9.17, 15) is 9.59 Å². The molecule has 2 heterocycles. The zero-order chi connectivity index (χ0) is 16.4. The predicted octanol–water partition coefficient (Wildman–Crippen LogP) is 1.48. The van der Waals surface area contributed by atoms with Gasteiger partial charge in [-0.25, -0.2) is 4.68 Å². The van der Waals surface area contributed by atoms with Gasteiger partial charge in [0, 0.05) is 6.04 Å². The van der Waals surface area contributed by atoms with Gasteiger partial charge in [-0.15, -0.1) is 0 Å². The second-order valence-corrected chi connectivity index (χ2v) is 5.48. The molecule has 0 spiro atoms. The zero-order valence-electron chi connectivity index (χ0n) is 13.1. The molecule has 0 saturated heterocycles. The number of carbonyl (C=O) groups excluding carboxylic acids is 1. The molecule has 7 heteroatoms. The van der Waals surface area contributed by atoms with Crippen LogP contribution in [0.1, 0.15) is 32.6 Å². The Labute approximate surface area is 128 Å². The molecule has 3 N–H and O–H groups in total. The number of aromatic nitrogens is 2. The Hall–Kier alpha value is -2.57. The average Bonchev–Trinajstić information content (AvgIpc) is 2.86. The van der Waals surface area contributed by atoms with E-state index in [4.69, 9.17) is 10.2 Å². The number of hydrogen-bond acceptors (Lipinski definition) is 5. The van der Waals surface area contributed by atoms with E-state index in [0.29, 0.717) is 11.5 Å². The smallest absolute Gasteiger partial charge is 0.290 e. The van der Waals surface area contributed by atoms with Gasteiger partial charge in [-0.05, 0) is 45.9 Å². The number of anilines is 1. The second-order valence-electron chi connectivity index (χ2n) is 5.48. The number of nitrogen functional groups attached to an aromatic ring is 1. The van der Waals surface area contributed by atoms with Crippen molar-refractivity contribution in [1.82, 2.24) is 15.1 Å². The van der Waals surface area contributed by atoms with Gasteiger partial charge >= 0.3 is 0 Å². The van der Waals surface area contributed by atoms with Crippen LogP contribution in [0.4, 0.5) is 5.69 Å². The summed E-state index contributed by atoms with van der Waals surface area (Å²) in [5, 5.41) is 6.96. The fraction of sp³-hybridized carbons (Fsp3) is 0.400. The summed E-state index contributed by atoms with van der Waals surface area (Å²) >= 11 is 0. The molecular formula is C15H20N4O3. The van der Waals surface area contributed by atoms with Crippen LogP contribution in [0.15, 0.2) is 27.4 Å². The fourth-order valence-corrected chi connectivity index (χ4v) is 2.00. The van der Waals surface area contributed by atoms with Crippen LogP contribution < -0.4 is 16.6 Å². The van der Waals surface area contributed by atoms with Crippen molar-refractivity contribution in [2.45, 2.75) is 39.8 Å². The normalized spacial score (nSPS) is 12.4. The lowest BCUT2D eigenvalue weighted by Crippen LogP contribution is -2.40. The van der Waals surface area contributed by atoms with Crippen molar-refractivity contribution >= 4 is 11.6 Å². The maximum absolute atomic E-state index is 12.2. The Morgan fingerprint density at radius 2 is 2.05 bits per heavy atom. The SMILES string of the molecule is Cc1ccc(-c2cc(N)c(=O)n([C@H](C)C(=O)NC(C)C)n2)o1. The van der Waals surface area contributed by atoms with Crippen molar-refractivity contribution in [3.05, 3.63) is 34.3 Å². The molecule has 2 aromatic rings. The van der Waals surface area contributed by atoms with Crippen molar-refractivity contribution in [2.24, 2.45) is 0 Å². The third kappa shape index (κ3) is 3.19. The monoisotopic (exact) mass is 304 g/mol. The summed E-state index contributed by atoms with van der Waals surface area (Å²) < 4.78 is 6.57. The standard InChI is InChI=1S/C15H20N4O3/c1-8(2)17-14(20)10(4)19-15(21)11(16)7-12(18-19)13-6-5-9(3)22-13/h5-8,10H,16H2,1-4H3,(H,17,20)/t10-/m1/s1. The van der Waals surface area contributed by atoms with Crippen LogP contribution >= 0.6 is 0 Å². The van der Waals surface area contributed by atoms with Gasteiger partial charge in [0.2, 0.25) is 5.91 Å². The quantitative estimate of drug-likeness (QED) is 0.890. The number of rotatable bonds is 4. The molecule has 0 bridgehead atoms. The van der Waals surface area contributed by atoms with Crippen LogP contribution in [-0.4, -0.2) is 21.7 Å². The molecule has 2 aromatic heterocycles. The fourth-order valence-electron chi connectivity index (χ4n) is 2.00. The number of amides is 1. The van der Waals surface area contributed by atoms with Crippen LogP contribution in [0.5, 0.6) is 0 Å². The van der Waals surface area contributed by atoms with Gasteiger partial charge < -0.3 is 15.5 Å². The lowest BCUT2D eigenvalue weighted by Gasteiger charge is -2.16. The van der Waals surface area contributed by atoms with E-state index in [1.807, 2.05) is 20.8 Å². The first kappa shape index (κ1) is 15.8. The minimum absolute atomic E-state index is 0.0169. The summed E-state index contributed by atoms with van der Waals surface area (Å²) in [5.74, 6) is 0.921. The van der Waals surface area contributed by atoms with Crippen LogP contribution in [0, 0.1) is 6.92 Å². The third-order valence-electron chi connectivity index (χ3n) is 3.13. The highest BCUT2D eigenvalue weighted by Crippen LogP contribution is 2.20. The van der Waals surface area contributed by atoms with Gasteiger partial charge in [-0.2, -0.15) is 5.10 Å². The number of nitrogens with one attached hydrogen (secondary N) is 1. The second kappa shape index (κ2) is 6.05. The Morgan fingerprint density at radius 1 is 1.36 bits per heavy atom. The molecule has 0 unspecified atom stereocenters. The maximum Gasteiger partial charge on any atom is 0.290 e. The molecule has 0 radical (unpaired) electrons. The molecule has 0 aromatic carbocycles. The number of nitrogens with zero attached hydrogens (tertiary/aromatic N) is 2. The van der Waals surface area contributed by atoms with Crippen LogP contribution in [-0.2, 0) is 4.79 Å². The van der Waals surface area contributed by atoms with E-state index in [-0.39, 0.29) is 17.6 Å². The molecule has 0 aliphatic carbocycles. The van der Waals surface area contributed by atoms with E-state index in [1.165, 1.54) is 6.07 Å². The first-order chi connectivity index (χ1) is 10.3. The van der Waals surface area contributed by atoms with Crippen molar-refractivity contribution in [2.75, 3.05) is 5.73 Å². The molecule has 1 amide bonds. The van der Waals surface area contributed by atoms with Gasteiger partial charge in [0.25, 0.3) is 5.56 Å². The van der Waals surface area contributed by atoms with Crippen molar-refractivity contribution in [1.29, 1.82) is 0 Å². The highest BCUT2D eigenvalue weighted by Gasteiger charge is 2.20. The number of hydrogen-bond donors (Lipinski definition) is 2. The molecule has 0 fully saturated rings. The number of furan rings is 1. The van der Waals surface area contributed by atoms with Gasteiger partial charge in [0.05, 0.1) is 0 Å². The highest BCUT2D eigenvalue weighted by molar-refractivity contribution is 5.80. The van der Waals surface area contributed by atoms with Crippen LogP contribution in [0.3, 0.4) is 0 Å². The molecule has 0 aliphatic rings. The molecule has 0 saturated carbocycles. The number of carbonyl (C=O) groups is 1. The summed E-state index contributed by atoms with van der Waals surface area (Å²) in [4.78, 5) is 24.2. The van der Waals surface area contributed by atoms with Crippen molar-refractivity contribution in [3.8, 4) is 11.5 Å². The lowest BCUT2D eigenvalue weighted by molar-refractivity contribution is -0.124. The lowest BCUT2D eigenvalue weighted by atomic mass is 10.2. The maximum atomic E-state index is 12.2. The van der Waals surface area contributed by atoms with Gasteiger partial charge in [-0.1, -0.05) is 0 Å². The number of nitrogens with two attached hydrogens (primary N) is 1. The summed E-state index contributed by atoms with van der Waals surface area (Å²) in [7, 11) is 0. The molecule has 2 rings (SSSR count). The Kier molecular flexibility index (Phi) is 4.35. The van der Waals surface area contributed by atoms with E-state index >= 15 is 0 Å². The minimum atomic E-state index is -0.770. The first-order valence-electron chi connectivity index (χ1n) is 7.06. The predicted molar refractivity (Wildman–Crippen MR) is 83.3 cm³/mol. The molecule has 0 aliphatic heterocycles. The van der Waals surface area contributed by atoms with E-state index in [1.54, 1.807) is 19.1 Å². The van der Waals surface area contributed by atoms with E-state index in [2.05, 4.69) is 10.4 Å². The number of aryl methyl sites for hydroxylation is 1. The minimum Gasteiger partial charge on any atom is -0.460 e. The summed E-state index contributed by atoms with van der Waals surface area (Å²) in [5.41, 5.74) is 5.69. The molecule has 118 valence electrons. The van der Waals surface area contributed by atoms with Gasteiger partial charge in [0.15, 0.2) is 5.76 Å². The largest absolute Gasteiger partial charge is 0.460 e. The van der Waals surface area contributed by atoms with Crippen LogP contribution in [0.2, 0.25) is 0 Å². The summed E-state index contributed by atoms with van der Waals surface area (Å²) in [6.45, 7) is 7.10. The Bertz CT molecular complexity index is 745. The van der Waals surface area contributed by atoms with E-state index < -0.39 is 11.6 Å². The highest BCUT2D eigenvalue weighted by atomic mass is 16.3.